The smallest absolute Gasteiger partial charge is 0.238 e. The van der Waals surface area contributed by atoms with E-state index < -0.39 is 15.8 Å². The van der Waals surface area contributed by atoms with Gasteiger partial charge in [-0.1, -0.05) is 30.3 Å². The lowest BCUT2D eigenvalue weighted by Gasteiger charge is -2.04. The largest absolute Gasteiger partial charge is 0.453 e. The summed E-state index contributed by atoms with van der Waals surface area (Å²) in [6.45, 7) is 0. The van der Waals surface area contributed by atoms with Crippen LogP contribution < -0.4 is 5.14 Å². The molecule has 0 saturated carbocycles. The predicted molar refractivity (Wildman–Crippen MR) is 77.5 cm³/mol. The van der Waals surface area contributed by atoms with E-state index in [0.29, 0.717) is 5.58 Å². The van der Waals surface area contributed by atoms with Crippen molar-refractivity contribution in [3.63, 3.8) is 0 Å². The van der Waals surface area contributed by atoms with Crippen LogP contribution in [0.25, 0.3) is 11.0 Å². The van der Waals surface area contributed by atoms with E-state index in [-0.39, 0.29) is 16.2 Å². The molecule has 21 heavy (non-hydrogen) atoms. The highest BCUT2D eigenvalue weighted by Gasteiger charge is 2.22. The first kappa shape index (κ1) is 13.5. The SMILES string of the molecule is NS(=O)(=O)c1ccccc1C(=O)c1cc2ccccc2o1. The van der Waals surface area contributed by atoms with Crippen molar-refractivity contribution in [2.45, 2.75) is 4.90 Å². The minimum atomic E-state index is -3.98. The molecule has 0 radical (unpaired) electrons. The van der Waals surface area contributed by atoms with Crippen LogP contribution in [0.4, 0.5) is 0 Å². The summed E-state index contributed by atoms with van der Waals surface area (Å²) >= 11 is 0. The molecule has 2 N–H and O–H groups in total. The fourth-order valence-electron chi connectivity index (χ4n) is 2.13. The van der Waals surface area contributed by atoms with E-state index in [0.717, 1.165) is 5.39 Å². The molecule has 106 valence electrons. The fourth-order valence-corrected chi connectivity index (χ4v) is 2.86. The predicted octanol–water partition coefficient (Wildman–Crippen LogP) is 2.31. The van der Waals surface area contributed by atoms with E-state index in [9.17, 15) is 13.2 Å². The van der Waals surface area contributed by atoms with Gasteiger partial charge in [0, 0.05) is 10.9 Å². The summed E-state index contributed by atoms with van der Waals surface area (Å²) in [5, 5.41) is 5.91. The second-order valence-corrected chi connectivity index (χ2v) is 6.05. The number of hydrogen-bond acceptors (Lipinski definition) is 4. The van der Waals surface area contributed by atoms with Crippen LogP contribution in [0.15, 0.2) is 63.9 Å². The molecule has 0 saturated heterocycles. The lowest BCUT2D eigenvalue weighted by atomic mass is 10.1. The van der Waals surface area contributed by atoms with Gasteiger partial charge in [0.15, 0.2) is 5.76 Å². The van der Waals surface area contributed by atoms with E-state index in [2.05, 4.69) is 0 Å². The van der Waals surface area contributed by atoms with Gasteiger partial charge in [-0.3, -0.25) is 4.79 Å². The Kier molecular flexibility index (Phi) is 3.12. The van der Waals surface area contributed by atoms with Crippen molar-refractivity contribution in [2.24, 2.45) is 5.14 Å². The number of nitrogens with two attached hydrogens (primary N) is 1. The highest BCUT2D eigenvalue weighted by atomic mass is 32.2. The normalized spacial score (nSPS) is 11.7. The average Bonchev–Trinajstić information content (AvgIpc) is 2.89. The van der Waals surface area contributed by atoms with Crippen molar-refractivity contribution in [1.82, 2.24) is 0 Å². The van der Waals surface area contributed by atoms with Crippen LogP contribution in [0, 0.1) is 0 Å². The number of hydrogen-bond donors (Lipinski definition) is 1. The molecular formula is C15H11NO4S. The van der Waals surface area contributed by atoms with Crippen molar-refractivity contribution >= 4 is 26.8 Å². The van der Waals surface area contributed by atoms with E-state index in [1.807, 2.05) is 6.07 Å². The van der Waals surface area contributed by atoms with Gasteiger partial charge in [-0.25, -0.2) is 13.6 Å². The second kappa shape index (κ2) is 4.83. The van der Waals surface area contributed by atoms with Gasteiger partial charge in [0.2, 0.25) is 15.8 Å². The summed E-state index contributed by atoms with van der Waals surface area (Å²) in [6.07, 6.45) is 0. The molecule has 3 rings (SSSR count). The standard InChI is InChI=1S/C15H11NO4S/c16-21(18,19)14-8-4-2-6-11(14)15(17)13-9-10-5-1-3-7-12(10)20-13/h1-9H,(H2,16,18,19). The molecule has 0 fully saturated rings. The molecule has 0 atom stereocenters. The summed E-state index contributed by atoms with van der Waals surface area (Å²) in [7, 11) is -3.98. The molecule has 0 aliphatic rings. The third-order valence-electron chi connectivity index (χ3n) is 3.09. The Balaban J connectivity index is 2.15. The molecular weight excluding hydrogens is 290 g/mol. The van der Waals surface area contributed by atoms with Crippen LogP contribution in [0.5, 0.6) is 0 Å². The number of carbonyl (C=O) groups is 1. The molecule has 0 aliphatic carbocycles. The lowest BCUT2D eigenvalue weighted by molar-refractivity contribution is 0.101. The summed E-state index contributed by atoms with van der Waals surface area (Å²) in [4.78, 5) is 12.3. The summed E-state index contributed by atoms with van der Waals surface area (Å²) in [5.41, 5.74) is 0.563. The molecule has 2 aromatic carbocycles. The van der Waals surface area contributed by atoms with Gasteiger partial charge in [0.1, 0.15) is 5.58 Å². The quantitative estimate of drug-likeness (QED) is 0.752. The number of carbonyl (C=O) groups excluding carboxylic acids is 1. The fraction of sp³-hybridized carbons (Fsp3) is 0. The first-order chi connectivity index (χ1) is 9.97. The third kappa shape index (κ3) is 2.46. The average molecular weight is 301 g/mol. The number of furan rings is 1. The van der Waals surface area contributed by atoms with Crippen LogP contribution in [0.2, 0.25) is 0 Å². The molecule has 1 aromatic heterocycles. The molecule has 0 unspecified atom stereocenters. The maximum absolute atomic E-state index is 12.5. The van der Waals surface area contributed by atoms with Crippen molar-refractivity contribution < 1.29 is 17.6 Å². The Morgan fingerprint density at radius 3 is 2.38 bits per heavy atom. The van der Waals surface area contributed by atoms with Gasteiger partial charge in [-0.2, -0.15) is 0 Å². The van der Waals surface area contributed by atoms with E-state index >= 15 is 0 Å². The van der Waals surface area contributed by atoms with Gasteiger partial charge < -0.3 is 4.42 Å². The minimum Gasteiger partial charge on any atom is -0.453 e. The molecule has 0 aliphatic heterocycles. The van der Waals surface area contributed by atoms with Crippen molar-refractivity contribution in [3.05, 3.63) is 65.9 Å². The number of rotatable bonds is 3. The number of primary sulfonamides is 1. The molecule has 3 aromatic rings. The molecule has 1 heterocycles. The molecule has 0 spiro atoms. The minimum absolute atomic E-state index is 0.000874. The maximum atomic E-state index is 12.5. The number of benzene rings is 2. The Morgan fingerprint density at radius 2 is 1.67 bits per heavy atom. The topological polar surface area (TPSA) is 90.4 Å². The molecule has 0 amide bonds. The molecule has 5 nitrogen and oxygen atoms in total. The third-order valence-corrected chi connectivity index (χ3v) is 4.06. The van der Waals surface area contributed by atoms with Gasteiger partial charge in [-0.05, 0) is 24.3 Å². The number of para-hydroxylation sites is 1. The van der Waals surface area contributed by atoms with Gasteiger partial charge in [0.05, 0.1) is 4.90 Å². The van der Waals surface area contributed by atoms with E-state index in [1.165, 1.54) is 18.2 Å². The van der Waals surface area contributed by atoms with Crippen LogP contribution >= 0.6 is 0 Å². The number of sulfonamides is 1. The van der Waals surface area contributed by atoms with Crippen molar-refractivity contribution in [3.8, 4) is 0 Å². The highest BCUT2D eigenvalue weighted by molar-refractivity contribution is 7.89. The van der Waals surface area contributed by atoms with Gasteiger partial charge in [-0.15, -0.1) is 0 Å². The first-order valence-electron chi connectivity index (χ1n) is 6.12. The Labute approximate surface area is 121 Å². The maximum Gasteiger partial charge on any atom is 0.238 e. The van der Waals surface area contributed by atoms with Gasteiger partial charge in [0.25, 0.3) is 0 Å². The van der Waals surface area contributed by atoms with E-state index in [4.69, 9.17) is 9.56 Å². The van der Waals surface area contributed by atoms with Crippen LogP contribution in [-0.4, -0.2) is 14.2 Å². The number of fused-ring (bicyclic) bond motifs is 1. The van der Waals surface area contributed by atoms with E-state index in [1.54, 1.807) is 30.3 Å². The summed E-state index contributed by atoms with van der Waals surface area (Å²) in [5.74, 6) is -0.442. The zero-order valence-corrected chi connectivity index (χ0v) is 11.6. The summed E-state index contributed by atoms with van der Waals surface area (Å²) in [6, 6.07) is 14.5. The lowest BCUT2D eigenvalue weighted by Crippen LogP contribution is -2.16. The Bertz CT molecular complexity index is 908. The number of ketones is 1. The molecule has 0 bridgehead atoms. The monoisotopic (exact) mass is 301 g/mol. The zero-order valence-electron chi connectivity index (χ0n) is 10.8. The van der Waals surface area contributed by atoms with Crippen molar-refractivity contribution in [1.29, 1.82) is 0 Å². The summed E-state index contributed by atoms with van der Waals surface area (Å²) < 4.78 is 28.6. The van der Waals surface area contributed by atoms with Crippen LogP contribution in [0.3, 0.4) is 0 Å². The second-order valence-electron chi connectivity index (χ2n) is 4.52. The Morgan fingerprint density at radius 1 is 1.00 bits per heavy atom. The van der Waals surface area contributed by atoms with Crippen LogP contribution in [0.1, 0.15) is 16.1 Å². The zero-order chi connectivity index (χ0) is 15.0. The van der Waals surface area contributed by atoms with Crippen LogP contribution in [-0.2, 0) is 10.0 Å². The molecule has 6 heteroatoms. The van der Waals surface area contributed by atoms with Gasteiger partial charge >= 0.3 is 0 Å². The van der Waals surface area contributed by atoms with Crippen molar-refractivity contribution in [2.75, 3.05) is 0 Å². The first-order valence-corrected chi connectivity index (χ1v) is 7.66. The Hall–Kier alpha value is -2.44. The highest BCUT2D eigenvalue weighted by Crippen LogP contribution is 2.23.